The summed E-state index contributed by atoms with van der Waals surface area (Å²) in [6.07, 6.45) is 0. The first-order valence-electron chi connectivity index (χ1n) is 3.68. The Balaban J connectivity index is 2.96. The Morgan fingerprint density at radius 1 is 1.07 bits per heavy atom. The molecule has 0 unspecified atom stereocenters. The van der Waals surface area contributed by atoms with Crippen LogP contribution in [0, 0.1) is 0 Å². The van der Waals surface area contributed by atoms with E-state index in [1.807, 2.05) is 0 Å². The summed E-state index contributed by atoms with van der Waals surface area (Å²) in [6, 6.07) is 7.71. The van der Waals surface area contributed by atoms with E-state index in [4.69, 9.17) is 19.6 Å². The first-order chi connectivity index (χ1) is 6.79. The second-order valence-corrected chi connectivity index (χ2v) is 5.38. The second-order valence-electron chi connectivity index (χ2n) is 2.52. The minimum absolute atomic E-state index is 0.157. The Kier molecular flexibility index (Phi) is 3.81. The summed E-state index contributed by atoms with van der Waals surface area (Å²) < 4.78 is 17.4. The van der Waals surface area contributed by atoms with Crippen LogP contribution in [-0.2, 0) is 8.88 Å². The first kappa shape index (κ1) is 12.5. The van der Waals surface area contributed by atoms with Gasteiger partial charge in [0.25, 0.3) is 0 Å². The normalized spacial score (nSPS) is 12.5. The third-order valence-electron chi connectivity index (χ3n) is 1.22. The van der Waals surface area contributed by atoms with Gasteiger partial charge in [0.2, 0.25) is 0 Å². The molecule has 0 aliphatic carbocycles. The van der Waals surface area contributed by atoms with E-state index in [0.717, 1.165) is 0 Å². The van der Waals surface area contributed by atoms with Crippen LogP contribution < -0.4 is 0 Å². The minimum Gasteiger partial charge on any atom is -0.318 e. The third kappa shape index (κ3) is 5.20. The Morgan fingerprint density at radius 3 is 2.07 bits per heavy atom. The Hall–Kier alpha value is -0.520. The van der Waals surface area contributed by atoms with Crippen LogP contribution in [0.25, 0.3) is 0 Å². The highest BCUT2D eigenvalue weighted by molar-refractivity contribution is 7.61. The van der Waals surface area contributed by atoms with Crippen LogP contribution >= 0.6 is 15.6 Å². The predicted octanol–water partition coefficient (Wildman–Crippen LogP) is 1.36. The van der Waals surface area contributed by atoms with Crippen LogP contribution in [0.4, 0.5) is 5.69 Å². The molecule has 0 atom stereocenters. The maximum atomic E-state index is 10.4. The average molecular weight is 253 g/mol. The van der Waals surface area contributed by atoms with Gasteiger partial charge >= 0.3 is 15.6 Å². The van der Waals surface area contributed by atoms with Gasteiger partial charge < -0.3 is 19.6 Å². The number of nitrogens with zero attached hydrogens (tertiary/aromatic N) is 1. The van der Waals surface area contributed by atoms with E-state index in [1.165, 1.54) is 12.1 Å². The van der Waals surface area contributed by atoms with E-state index in [-0.39, 0.29) is 5.69 Å². The zero-order valence-electron chi connectivity index (χ0n) is 7.33. The fraction of sp³-hybridized carbons (Fsp3) is 0. The summed E-state index contributed by atoms with van der Waals surface area (Å²) in [7, 11) is -9.39. The van der Waals surface area contributed by atoms with E-state index < -0.39 is 15.6 Å². The molecule has 0 aromatic heterocycles. The quantitative estimate of drug-likeness (QED) is 0.603. The summed E-state index contributed by atoms with van der Waals surface area (Å²) in [4.78, 5) is 34.9. The van der Waals surface area contributed by atoms with E-state index >= 15 is 0 Å². The predicted molar refractivity (Wildman–Crippen MR) is 53.0 cm³/mol. The van der Waals surface area contributed by atoms with Crippen LogP contribution in [0.15, 0.2) is 35.1 Å². The average Bonchev–Trinajstić information content (AvgIpc) is 1.99. The van der Waals surface area contributed by atoms with Crippen molar-refractivity contribution in [2.45, 2.75) is 0 Å². The summed E-state index contributed by atoms with van der Waals surface area (Å²) in [5, 5.41) is 0. The van der Waals surface area contributed by atoms with Gasteiger partial charge in [0, 0.05) is 0 Å². The molecule has 0 bridgehead atoms. The van der Waals surface area contributed by atoms with Crippen molar-refractivity contribution in [3.63, 3.8) is 0 Å². The molecule has 0 saturated heterocycles. The van der Waals surface area contributed by atoms with Crippen molar-refractivity contribution in [1.29, 1.82) is 0 Å². The standard InChI is InChI=1S/C6H9NO6P2/c8-14(9,13-15(10,11)12)7-6-4-2-1-3-5-6/h1-5,8-9H,(H2,10,11,12). The van der Waals surface area contributed by atoms with E-state index in [1.54, 1.807) is 18.2 Å². The lowest BCUT2D eigenvalue weighted by atomic mass is 10.3. The monoisotopic (exact) mass is 253 g/mol. The number of benzene rings is 1. The van der Waals surface area contributed by atoms with Gasteiger partial charge in [-0.25, -0.2) is 8.88 Å². The van der Waals surface area contributed by atoms with Crippen molar-refractivity contribution in [2.75, 3.05) is 0 Å². The number of hydrogen-bond acceptors (Lipinski definition) is 3. The first-order valence-corrected chi connectivity index (χ1v) is 6.78. The van der Waals surface area contributed by atoms with Crippen molar-refractivity contribution in [2.24, 2.45) is 4.74 Å². The zero-order valence-corrected chi connectivity index (χ0v) is 9.12. The summed E-state index contributed by atoms with van der Waals surface area (Å²) in [5.41, 5.74) is 0.157. The lowest BCUT2D eigenvalue weighted by molar-refractivity contribution is 0.254. The molecule has 0 aliphatic heterocycles. The van der Waals surface area contributed by atoms with Crippen LogP contribution in [0.1, 0.15) is 0 Å². The molecule has 0 amide bonds. The molecule has 0 saturated carbocycles. The summed E-state index contributed by atoms with van der Waals surface area (Å²) in [6.45, 7) is 0. The van der Waals surface area contributed by atoms with E-state index in [9.17, 15) is 4.57 Å². The molecule has 1 rings (SSSR count). The topological polar surface area (TPSA) is 120 Å². The fourth-order valence-electron chi connectivity index (χ4n) is 0.806. The lowest BCUT2D eigenvalue weighted by Crippen LogP contribution is -1.86. The van der Waals surface area contributed by atoms with Gasteiger partial charge in [-0.1, -0.05) is 18.2 Å². The SMILES string of the molecule is O=P(O)(O)OP(O)(O)=Nc1ccccc1. The van der Waals surface area contributed by atoms with Gasteiger partial charge in [0.15, 0.2) is 0 Å². The van der Waals surface area contributed by atoms with Gasteiger partial charge in [-0.3, -0.25) is 0 Å². The number of hydrogen-bond donors (Lipinski definition) is 4. The largest absolute Gasteiger partial charge is 0.477 e. The molecule has 84 valence electrons. The zero-order chi connectivity index (χ0) is 11.5. The fourth-order valence-corrected chi connectivity index (χ4v) is 2.53. The molecule has 0 aliphatic rings. The highest BCUT2D eigenvalue weighted by atomic mass is 31.3. The number of phosphoric acid groups is 1. The summed E-state index contributed by atoms with van der Waals surface area (Å²) in [5.74, 6) is 0. The highest BCUT2D eigenvalue weighted by Gasteiger charge is 2.26. The molecule has 0 radical (unpaired) electrons. The van der Waals surface area contributed by atoms with E-state index in [2.05, 4.69) is 9.06 Å². The van der Waals surface area contributed by atoms with Gasteiger partial charge in [0.1, 0.15) is 0 Å². The van der Waals surface area contributed by atoms with E-state index in [0.29, 0.717) is 0 Å². The Bertz CT molecular complexity index is 421. The van der Waals surface area contributed by atoms with Gasteiger partial charge in [0.05, 0.1) is 5.69 Å². The molecule has 1 aromatic rings. The molecular formula is C6H9NO6P2. The maximum absolute atomic E-state index is 10.4. The molecule has 9 heteroatoms. The second kappa shape index (κ2) is 4.55. The molecular weight excluding hydrogens is 244 g/mol. The van der Waals surface area contributed by atoms with Crippen molar-refractivity contribution < 1.29 is 28.4 Å². The Labute approximate surface area is 85.5 Å². The minimum atomic E-state index is -4.97. The van der Waals surface area contributed by atoms with Crippen molar-refractivity contribution in [3.05, 3.63) is 30.3 Å². The summed E-state index contributed by atoms with van der Waals surface area (Å²) >= 11 is 0. The Morgan fingerprint density at radius 2 is 1.60 bits per heavy atom. The molecule has 7 nitrogen and oxygen atoms in total. The van der Waals surface area contributed by atoms with Crippen LogP contribution in [0.3, 0.4) is 0 Å². The molecule has 0 fully saturated rings. The van der Waals surface area contributed by atoms with Gasteiger partial charge in [-0.2, -0.15) is 4.74 Å². The maximum Gasteiger partial charge on any atom is 0.477 e. The van der Waals surface area contributed by atoms with Gasteiger partial charge in [-0.05, 0) is 12.1 Å². The van der Waals surface area contributed by atoms with Crippen LogP contribution in [-0.4, -0.2) is 19.6 Å². The third-order valence-corrected chi connectivity index (χ3v) is 3.44. The molecule has 0 heterocycles. The lowest BCUT2D eigenvalue weighted by Gasteiger charge is -2.11. The van der Waals surface area contributed by atoms with Crippen LogP contribution in [0.2, 0.25) is 0 Å². The van der Waals surface area contributed by atoms with Crippen molar-refractivity contribution in [1.82, 2.24) is 0 Å². The molecule has 4 N–H and O–H groups in total. The molecule has 1 aromatic carbocycles. The molecule has 0 spiro atoms. The number of rotatable bonds is 3. The highest BCUT2D eigenvalue weighted by Crippen LogP contribution is 2.57. The van der Waals surface area contributed by atoms with Crippen molar-refractivity contribution >= 4 is 21.2 Å². The smallest absolute Gasteiger partial charge is 0.318 e. The van der Waals surface area contributed by atoms with Crippen molar-refractivity contribution in [3.8, 4) is 0 Å². The van der Waals surface area contributed by atoms with Crippen LogP contribution in [0.5, 0.6) is 0 Å². The molecule has 15 heavy (non-hydrogen) atoms. The van der Waals surface area contributed by atoms with Gasteiger partial charge in [-0.15, -0.1) is 0 Å².